The van der Waals surface area contributed by atoms with Crippen LogP contribution in [0.2, 0.25) is 0 Å². The average molecular weight is 373 g/mol. The second kappa shape index (κ2) is 8.88. The van der Waals surface area contributed by atoms with Crippen LogP contribution in [0.25, 0.3) is 0 Å². The molecule has 0 bridgehead atoms. The van der Waals surface area contributed by atoms with Crippen LogP contribution in [0.15, 0.2) is 36.4 Å². The largest absolute Gasteiger partial charge is 0.467 e. The number of ether oxygens (including phenoxy) is 2. The number of benzene rings is 2. The van der Waals surface area contributed by atoms with Gasteiger partial charge >= 0.3 is 0 Å². The summed E-state index contributed by atoms with van der Waals surface area (Å²) in [5.74, 6) is 0.969. The van der Waals surface area contributed by atoms with Crippen molar-refractivity contribution in [2.24, 2.45) is 0 Å². The van der Waals surface area contributed by atoms with Gasteiger partial charge in [-0.25, -0.2) is 0 Å². The van der Waals surface area contributed by atoms with Gasteiger partial charge in [0.1, 0.15) is 5.75 Å². The Kier molecular flexibility index (Phi) is 7.08. The molecule has 0 fully saturated rings. The van der Waals surface area contributed by atoms with Crippen molar-refractivity contribution in [3.8, 4) is 5.75 Å². The monoisotopic (exact) mass is 373 g/mol. The summed E-state index contributed by atoms with van der Waals surface area (Å²) in [6.45, 7) is 9.17. The normalized spacial score (nSPS) is 13.8. The predicted octanol–water partition coefficient (Wildman–Crippen LogP) is 4.98. The topological polar surface area (TPSA) is 21.7 Å². The zero-order valence-corrected chi connectivity index (χ0v) is 18.1. The van der Waals surface area contributed by atoms with E-state index in [1.807, 2.05) is 0 Å². The molecule has 3 nitrogen and oxygen atoms in total. The highest BCUT2D eigenvalue weighted by atomic mass is 31.1. The van der Waals surface area contributed by atoms with E-state index in [-0.39, 0.29) is 11.9 Å². The van der Waals surface area contributed by atoms with Crippen molar-refractivity contribution >= 4 is 19.6 Å². The summed E-state index contributed by atoms with van der Waals surface area (Å²) in [5, 5.41) is 1.39. The molecular formula is C22H32NO2P. The molecule has 0 heterocycles. The van der Waals surface area contributed by atoms with Gasteiger partial charge in [0.15, 0.2) is 6.79 Å². The van der Waals surface area contributed by atoms with Gasteiger partial charge in [-0.2, -0.15) is 0 Å². The standard InChI is InChI=1S/C22H32NO2P/c1-8-22(4,26-20-12-10-9-11-19(20)23(5)6)18-14-16(2)13-17(3)21(18)25-15-24-7/h9-14,26H,8,15H2,1-7H3. The molecule has 0 spiro atoms. The minimum Gasteiger partial charge on any atom is -0.467 e. The fourth-order valence-corrected chi connectivity index (χ4v) is 4.99. The van der Waals surface area contributed by atoms with Gasteiger partial charge in [0.2, 0.25) is 0 Å². The molecule has 0 aliphatic heterocycles. The first-order chi connectivity index (χ1) is 12.3. The molecule has 4 heteroatoms. The number of nitrogens with zero attached hydrogens (tertiary/aromatic N) is 1. The lowest BCUT2D eigenvalue weighted by molar-refractivity contribution is 0.0495. The van der Waals surface area contributed by atoms with Gasteiger partial charge in [-0.3, -0.25) is 0 Å². The molecule has 0 saturated heterocycles. The minimum atomic E-state index is 0.00592. The van der Waals surface area contributed by atoms with E-state index in [0.29, 0.717) is 8.58 Å². The molecule has 0 aliphatic rings. The number of anilines is 1. The summed E-state index contributed by atoms with van der Waals surface area (Å²) >= 11 is 0. The SMILES string of the molecule is CCC(C)(Pc1ccccc1N(C)C)c1cc(C)cc(C)c1OCOC. The smallest absolute Gasteiger partial charge is 0.188 e. The van der Waals surface area contributed by atoms with Crippen LogP contribution in [0.5, 0.6) is 5.75 Å². The van der Waals surface area contributed by atoms with Crippen LogP contribution in [0.4, 0.5) is 5.69 Å². The van der Waals surface area contributed by atoms with Crippen LogP contribution in [0, 0.1) is 13.8 Å². The zero-order valence-electron chi connectivity index (χ0n) is 17.1. The Bertz CT molecular complexity index is 745. The van der Waals surface area contributed by atoms with Crippen molar-refractivity contribution in [1.29, 1.82) is 0 Å². The second-order valence-corrected chi connectivity index (χ2v) is 9.12. The molecular weight excluding hydrogens is 341 g/mol. The Morgan fingerprint density at radius 1 is 1.12 bits per heavy atom. The highest BCUT2D eigenvalue weighted by Gasteiger charge is 2.30. The molecule has 142 valence electrons. The van der Waals surface area contributed by atoms with Crippen LogP contribution in [0.3, 0.4) is 0 Å². The summed E-state index contributed by atoms with van der Waals surface area (Å²) in [6.07, 6.45) is 1.04. The van der Waals surface area contributed by atoms with Crippen molar-refractivity contribution in [3.05, 3.63) is 53.1 Å². The van der Waals surface area contributed by atoms with E-state index >= 15 is 0 Å². The first-order valence-corrected chi connectivity index (χ1v) is 10.1. The minimum absolute atomic E-state index is 0.00592. The Balaban J connectivity index is 2.53. The van der Waals surface area contributed by atoms with Crippen molar-refractivity contribution in [1.82, 2.24) is 0 Å². The molecule has 0 aliphatic carbocycles. The lowest BCUT2D eigenvalue weighted by Crippen LogP contribution is -2.23. The average Bonchev–Trinajstić information content (AvgIpc) is 2.60. The summed E-state index contributed by atoms with van der Waals surface area (Å²) in [7, 11) is 6.53. The van der Waals surface area contributed by atoms with Crippen molar-refractivity contribution in [2.45, 2.75) is 39.3 Å². The quantitative estimate of drug-likeness (QED) is 0.481. The Morgan fingerprint density at radius 3 is 2.42 bits per heavy atom. The van der Waals surface area contributed by atoms with Crippen molar-refractivity contribution in [2.75, 3.05) is 32.9 Å². The molecule has 0 saturated carbocycles. The summed E-state index contributed by atoms with van der Waals surface area (Å²) < 4.78 is 11.2. The van der Waals surface area contributed by atoms with Crippen LogP contribution in [0.1, 0.15) is 37.0 Å². The molecule has 0 amide bonds. The van der Waals surface area contributed by atoms with Crippen LogP contribution < -0.4 is 14.9 Å². The zero-order chi connectivity index (χ0) is 19.3. The molecule has 2 rings (SSSR count). The van der Waals surface area contributed by atoms with Crippen LogP contribution in [-0.2, 0) is 9.89 Å². The number of methoxy groups -OCH3 is 1. The third kappa shape index (κ3) is 4.58. The highest BCUT2D eigenvalue weighted by molar-refractivity contribution is 7.49. The molecule has 0 aromatic heterocycles. The van der Waals surface area contributed by atoms with E-state index in [2.05, 4.69) is 83.1 Å². The van der Waals surface area contributed by atoms with Gasteiger partial charge < -0.3 is 14.4 Å². The maximum absolute atomic E-state index is 6.01. The summed E-state index contributed by atoms with van der Waals surface area (Å²) in [5.41, 5.74) is 5.01. The lowest BCUT2D eigenvalue weighted by Gasteiger charge is -2.33. The maximum Gasteiger partial charge on any atom is 0.188 e. The van der Waals surface area contributed by atoms with E-state index in [0.717, 1.165) is 12.2 Å². The second-order valence-electron chi connectivity index (χ2n) is 7.23. The number of para-hydroxylation sites is 1. The third-order valence-corrected chi connectivity index (χ3v) is 6.70. The third-order valence-electron chi connectivity index (χ3n) is 4.84. The summed E-state index contributed by atoms with van der Waals surface area (Å²) in [6, 6.07) is 13.2. The predicted molar refractivity (Wildman–Crippen MR) is 115 cm³/mol. The molecule has 0 N–H and O–H groups in total. The first kappa shape index (κ1) is 20.7. The fourth-order valence-electron chi connectivity index (χ4n) is 3.29. The van der Waals surface area contributed by atoms with Crippen LogP contribution in [-0.4, -0.2) is 28.0 Å². The molecule has 2 unspecified atom stereocenters. The van der Waals surface area contributed by atoms with E-state index in [9.17, 15) is 0 Å². The van der Waals surface area contributed by atoms with E-state index in [4.69, 9.17) is 9.47 Å². The Labute approximate surface area is 160 Å². The number of aryl methyl sites for hydroxylation is 2. The highest BCUT2D eigenvalue weighted by Crippen LogP contribution is 2.49. The van der Waals surface area contributed by atoms with E-state index < -0.39 is 0 Å². The Hall–Kier alpha value is -1.57. The number of hydrogen-bond acceptors (Lipinski definition) is 3. The van der Waals surface area contributed by atoms with Gasteiger partial charge in [0.05, 0.1) is 0 Å². The van der Waals surface area contributed by atoms with E-state index in [1.165, 1.54) is 27.7 Å². The number of hydrogen-bond donors (Lipinski definition) is 0. The molecule has 2 aromatic carbocycles. The van der Waals surface area contributed by atoms with Gasteiger partial charge in [0, 0.05) is 37.6 Å². The van der Waals surface area contributed by atoms with Crippen LogP contribution >= 0.6 is 8.58 Å². The van der Waals surface area contributed by atoms with Crippen molar-refractivity contribution < 1.29 is 9.47 Å². The van der Waals surface area contributed by atoms with E-state index in [1.54, 1.807) is 7.11 Å². The van der Waals surface area contributed by atoms with Gasteiger partial charge in [0.25, 0.3) is 0 Å². The molecule has 2 atom stereocenters. The fraction of sp³-hybridized carbons (Fsp3) is 0.455. The van der Waals surface area contributed by atoms with Gasteiger partial charge in [-0.05, 0) is 37.2 Å². The van der Waals surface area contributed by atoms with Crippen molar-refractivity contribution in [3.63, 3.8) is 0 Å². The van der Waals surface area contributed by atoms with Gasteiger partial charge in [-0.1, -0.05) is 58.3 Å². The van der Waals surface area contributed by atoms with Gasteiger partial charge in [-0.15, -0.1) is 0 Å². The number of rotatable bonds is 8. The molecule has 26 heavy (non-hydrogen) atoms. The Morgan fingerprint density at radius 2 is 1.81 bits per heavy atom. The molecule has 2 aromatic rings. The maximum atomic E-state index is 6.01. The first-order valence-electron chi connectivity index (χ1n) is 9.10. The molecule has 0 radical (unpaired) electrons. The summed E-state index contributed by atoms with van der Waals surface area (Å²) in [4.78, 5) is 2.20. The lowest BCUT2D eigenvalue weighted by atomic mass is 9.92.